The Morgan fingerprint density at radius 1 is 1.56 bits per heavy atom. The van der Waals surface area contributed by atoms with Gasteiger partial charge in [0, 0.05) is 12.6 Å². The Hall–Kier alpha value is -0.690. The van der Waals surface area contributed by atoms with E-state index in [9.17, 15) is 12.8 Å². The zero-order valence-corrected chi connectivity index (χ0v) is 10.1. The van der Waals surface area contributed by atoms with Crippen LogP contribution in [0.2, 0.25) is 5.02 Å². The first-order chi connectivity index (χ1) is 7.36. The van der Waals surface area contributed by atoms with Crippen LogP contribution in [-0.2, 0) is 10.0 Å². The predicted molar refractivity (Wildman–Crippen MR) is 60.2 cm³/mol. The summed E-state index contributed by atoms with van der Waals surface area (Å²) >= 11 is 5.65. The minimum atomic E-state index is -3.75. The molecule has 1 aromatic carbocycles. The number of nitrogens with two attached hydrogens (primary N) is 1. The largest absolute Gasteiger partial charge is 0.329 e. The summed E-state index contributed by atoms with van der Waals surface area (Å²) in [6.07, 6.45) is 0. The minimum Gasteiger partial charge on any atom is -0.329 e. The number of sulfonamides is 1. The fourth-order valence-electron chi connectivity index (χ4n) is 1.07. The number of nitrogens with one attached hydrogen (secondary N) is 1. The van der Waals surface area contributed by atoms with Crippen LogP contribution in [0, 0.1) is 5.82 Å². The maximum Gasteiger partial charge on any atom is 0.242 e. The molecule has 0 heterocycles. The van der Waals surface area contributed by atoms with Crippen molar-refractivity contribution < 1.29 is 12.8 Å². The molecular formula is C9H12ClFN2O2S. The molecular weight excluding hydrogens is 255 g/mol. The third-order valence-electron chi connectivity index (χ3n) is 1.89. The average molecular weight is 267 g/mol. The summed E-state index contributed by atoms with van der Waals surface area (Å²) < 4.78 is 38.6. The van der Waals surface area contributed by atoms with Crippen molar-refractivity contribution in [2.45, 2.75) is 17.9 Å². The SMILES string of the molecule is C[C@H](CN)NS(=O)(=O)c1ccc(F)cc1Cl. The van der Waals surface area contributed by atoms with Gasteiger partial charge in [-0.1, -0.05) is 11.6 Å². The molecule has 0 saturated heterocycles. The molecule has 1 aromatic rings. The summed E-state index contributed by atoms with van der Waals surface area (Å²) in [6, 6.07) is 2.69. The lowest BCUT2D eigenvalue weighted by molar-refractivity contribution is 0.562. The van der Waals surface area contributed by atoms with Gasteiger partial charge >= 0.3 is 0 Å². The van der Waals surface area contributed by atoms with Gasteiger partial charge in [0.1, 0.15) is 10.7 Å². The van der Waals surface area contributed by atoms with Gasteiger partial charge in [0.25, 0.3) is 0 Å². The van der Waals surface area contributed by atoms with E-state index in [1.54, 1.807) is 6.92 Å². The Labute approximate surface area is 98.6 Å². The van der Waals surface area contributed by atoms with E-state index in [0.717, 1.165) is 18.2 Å². The molecule has 0 aliphatic heterocycles. The smallest absolute Gasteiger partial charge is 0.242 e. The second kappa shape index (κ2) is 5.09. The van der Waals surface area contributed by atoms with Crippen LogP contribution >= 0.6 is 11.6 Å². The van der Waals surface area contributed by atoms with E-state index in [4.69, 9.17) is 17.3 Å². The maximum absolute atomic E-state index is 12.7. The first-order valence-electron chi connectivity index (χ1n) is 4.54. The van der Waals surface area contributed by atoms with Crippen LogP contribution in [0.1, 0.15) is 6.92 Å². The van der Waals surface area contributed by atoms with Gasteiger partial charge in [0.15, 0.2) is 0 Å². The molecule has 16 heavy (non-hydrogen) atoms. The Morgan fingerprint density at radius 3 is 2.69 bits per heavy atom. The van der Waals surface area contributed by atoms with Crippen LogP contribution < -0.4 is 10.5 Å². The average Bonchev–Trinajstić information content (AvgIpc) is 2.16. The van der Waals surface area contributed by atoms with E-state index >= 15 is 0 Å². The lowest BCUT2D eigenvalue weighted by Crippen LogP contribution is -2.37. The molecule has 7 heteroatoms. The van der Waals surface area contributed by atoms with Crippen LogP contribution in [-0.4, -0.2) is 21.0 Å². The first kappa shape index (κ1) is 13.4. The van der Waals surface area contributed by atoms with Gasteiger partial charge in [-0.05, 0) is 25.1 Å². The lowest BCUT2D eigenvalue weighted by Gasteiger charge is -2.12. The topological polar surface area (TPSA) is 72.2 Å². The molecule has 0 radical (unpaired) electrons. The van der Waals surface area contributed by atoms with E-state index < -0.39 is 21.9 Å². The van der Waals surface area contributed by atoms with Crippen LogP contribution in [0.4, 0.5) is 4.39 Å². The zero-order chi connectivity index (χ0) is 12.3. The summed E-state index contributed by atoms with van der Waals surface area (Å²) in [5, 5.41) is -0.156. The van der Waals surface area contributed by atoms with Crippen LogP contribution in [0.3, 0.4) is 0 Å². The Bertz CT molecular complexity index is 478. The molecule has 1 rings (SSSR count). The number of hydrogen-bond acceptors (Lipinski definition) is 3. The van der Waals surface area contributed by atoms with Crippen molar-refractivity contribution in [1.82, 2.24) is 4.72 Å². The van der Waals surface area contributed by atoms with Gasteiger partial charge in [-0.2, -0.15) is 0 Å². The first-order valence-corrected chi connectivity index (χ1v) is 6.40. The molecule has 0 bridgehead atoms. The van der Waals surface area contributed by atoms with E-state index in [0.29, 0.717) is 0 Å². The normalized spacial score (nSPS) is 13.8. The summed E-state index contributed by atoms with van der Waals surface area (Å²) in [7, 11) is -3.75. The van der Waals surface area contributed by atoms with Gasteiger partial charge in [-0.25, -0.2) is 17.5 Å². The third-order valence-corrected chi connectivity index (χ3v) is 3.97. The monoisotopic (exact) mass is 266 g/mol. The molecule has 0 saturated carbocycles. The highest BCUT2D eigenvalue weighted by molar-refractivity contribution is 7.89. The molecule has 0 unspecified atom stereocenters. The summed E-state index contributed by atoms with van der Waals surface area (Å²) in [5.74, 6) is -0.587. The van der Waals surface area contributed by atoms with E-state index in [1.807, 2.05) is 0 Å². The van der Waals surface area contributed by atoms with Crippen molar-refractivity contribution in [2.24, 2.45) is 5.73 Å². The second-order valence-corrected chi connectivity index (χ2v) is 5.42. The highest BCUT2D eigenvalue weighted by atomic mass is 35.5. The molecule has 0 amide bonds. The van der Waals surface area contributed by atoms with Gasteiger partial charge in [0.05, 0.1) is 5.02 Å². The van der Waals surface area contributed by atoms with E-state index in [1.165, 1.54) is 0 Å². The van der Waals surface area contributed by atoms with Crippen molar-refractivity contribution in [3.8, 4) is 0 Å². The number of halogens is 2. The van der Waals surface area contributed by atoms with Gasteiger partial charge in [0.2, 0.25) is 10.0 Å². The minimum absolute atomic E-state index is 0.156. The van der Waals surface area contributed by atoms with Gasteiger partial charge < -0.3 is 5.73 Å². The summed E-state index contributed by atoms with van der Waals surface area (Å²) in [5.41, 5.74) is 5.30. The summed E-state index contributed by atoms with van der Waals surface area (Å²) in [4.78, 5) is -0.157. The molecule has 0 aromatic heterocycles. The van der Waals surface area contributed by atoms with Crippen molar-refractivity contribution >= 4 is 21.6 Å². The molecule has 0 fully saturated rings. The van der Waals surface area contributed by atoms with Crippen molar-refractivity contribution in [3.05, 3.63) is 29.0 Å². The number of hydrogen-bond donors (Lipinski definition) is 2. The Kier molecular flexibility index (Phi) is 4.26. The van der Waals surface area contributed by atoms with Crippen LogP contribution in [0.15, 0.2) is 23.1 Å². The predicted octanol–water partition coefficient (Wildman–Crippen LogP) is 1.10. The fourth-order valence-corrected chi connectivity index (χ4v) is 2.86. The quantitative estimate of drug-likeness (QED) is 0.857. The molecule has 0 aliphatic carbocycles. The van der Waals surface area contributed by atoms with Crippen molar-refractivity contribution in [1.29, 1.82) is 0 Å². The zero-order valence-electron chi connectivity index (χ0n) is 8.57. The Balaban J connectivity index is 3.08. The molecule has 3 N–H and O–H groups in total. The molecule has 90 valence electrons. The van der Waals surface area contributed by atoms with Crippen LogP contribution in [0.5, 0.6) is 0 Å². The maximum atomic E-state index is 12.7. The lowest BCUT2D eigenvalue weighted by atomic mass is 10.3. The van der Waals surface area contributed by atoms with Crippen molar-refractivity contribution in [2.75, 3.05) is 6.54 Å². The van der Waals surface area contributed by atoms with Crippen molar-refractivity contribution in [3.63, 3.8) is 0 Å². The summed E-state index contributed by atoms with van der Waals surface area (Å²) in [6.45, 7) is 1.78. The van der Waals surface area contributed by atoms with Gasteiger partial charge in [-0.3, -0.25) is 0 Å². The highest BCUT2D eigenvalue weighted by Crippen LogP contribution is 2.22. The van der Waals surface area contributed by atoms with E-state index in [2.05, 4.69) is 4.72 Å². The van der Waals surface area contributed by atoms with Crippen LogP contribution in [0.25, 0.3) is 0 Å². The third kappa shape index (κ3) is 3.15. The molecule has 1 atom stereocenters. The van der Waals surface area contributed by atoms with Gasteiger partial charge in [-0.15, -0.1) is 0 Å². The standard InChI is InChI=1S/C9H12ClFN2O2S/c1-6(5-12)13-16(14,15)9-3-2-7(11)4-8(9)10/h2-4,6,13H,5,12H2,1H3/t6-/m1/s1. The highest BCUT2D eigenvalue weighted by Gasteiger charge is 2.19. The molecule has 4 nitrogen and oxygen atoms in total. The molecule has 0 aliphatic rings. The van der Waals surface area contributed by atoms with E-state index in [-0.39, 0.29) is 16.5 Å². The number of benzene rings is 1. The molecule has 0 spiro atoms. The fraction of sp³-hybridized carbons (Fsp3) is 0.333. The second-order valence-electron chi connectivity index (χ2n) is 3.33. The number of rotatable bonds is 4. The Morgan fingerprint density at radius 2 is 2.19 bits per heavy atom.